The van der Waals surface area contributed by atoms with Gasteiger partial charge in [0.25, 0.3) is 0 Å². The van der Waals surface area contributed by atoms with Crippen LogP contribution in [-0.2, 0) is 9.53 Å². The minimum atomic E-state index is -0.366. The van der Waals surface area contributed by atoms with Gasteiger partial charge in [-0.3, -0.25) is 14.1 Å². The van der Waals surface area contributed by atoms with E-state index in [1.165, 1.54) is 0 Å². The number of carbonyl (C=O) groups excluding carboxylic acids is 2. The molecule has 1 fully saturated rings. The van der Waals surface area contributed by atoms with Gasteiger partial charge in [0, 0.05) is 17.8 Å². The van der Waals surface area contributed by atoms with Crippen molar-refractivity contribution in [1.82, 2.24) is 19.5 Å². The number of benzene rings is 1. The number of carbonyl (C=O) groups is 2. The van der Waals surface area contributed by atoms with Gasteiger partial charge in [-0.1, -0.05) is 6.07 Å². The van der Waals surface area contributed by atoms with Crippen molar-refractivity contribution < 1.29 is 14.3 Å². The van der Waals surface area contributed by atoms with E-state index in [0.717, 1.165) is 37.4 Å². The molecule has 2 aromatic heterocycles. The molecule has 0 radical (unpaired) electrons. The molecule has 4 rings (SSSR count). The van der Waals surface area contributed by atoms with E-state index in [1.807, 2.05) is 45.2 Å². The summed E-state index contributed by atoms with van der Waals surface area (Å²) in [5.41, 5.74) is 1.99. The Balaban J connectivity index is 1.31. The molecule has 1 amide bonds. The van der Waals surface area contributed by atoms with Crippen LogP contribution in [0.4, 0.5) is 5.69 Å². The number of nitrogens with zero attached hydrogens (tertiary/aromatic N) is 4. The summed E-state index contributed by atoms with van der Waals surface area (Å²) >= 11 is 0. The maximum absolute atomic E-state index is 12.8. The number of amides is 1. The van der Waals surface area contributed by atoms with E-state index in [1.54, 1.807) is 24.3 Å². The Bertz CT molecular complexity index is 1080. The van der Waals surface area contributed by atoms with Gasteiger partial charge in [-0.25, -0.2) is 4.79 Å². The number of hydrogen-bond donors (Lipinski definition) is 1. The summed E-state index contributed by atoms with van der Waals surface area (Å²) in [5.74, 6) is 0.897. The molecule has 1 saturated heterocycles. The Morgan fingerprint density at radius 3 is 2.44 bits per heavy atom. The number of likely N-dealkylation sites (tertiary alicyclic amines) is 1. The number of aromatic nitrogens is 3. The Kier molecular flexibility index (Phi) is 6.50. The van der Waals surface area contributed by atoms with Crippen molar-refractivity contribution in [2.24, 2.45) is 0 Å². The van der Waals surface area contributed by atoms with Crippen molar-refractivity contribution in [1.29, 1.82) is 0 Å². The number of hydrogen-bond acceptors (Lipinski definition) is 6. The second-order valence-corrected chi connectivity index (χ2v) is 8.49. The smallest absolute Gasteiger partial charge is 0.338 e. The zero-order valence-electron chi connectivity index (χ0n) is 18.7. The Labute approximate surface area is 187 Å². The third kappa shape index (κ3) is 4.80. The highest BCUT2D eigenvalue weighted by Crippen LogP contribution is 2.28. The molecular formula is C24H29N5O3. The van der Waals surface area contributed by atoms with Crippen LogP contribution in [0.25, 0.3) is 5.65 Å². The number of esters is 1. The Hall–Kier alpha value is -3.26. The molecule has 0 aliphatic carbocycles. The van der Waals surface area contributed by atoms with Crippen LogP contribution in [-0.4, -0.2) is 56.6 Å². The molecule has 1 aliphatic rings. The van der Waals surface area contributed by atoms with Gasteiger partial charge in [0.1, 0.15) is 5.82 Å². The van der Waals surface area contributed by atoms with Gasteiger partial charge in [-0.15, -0.1) is 10.2 Å². The normalized spacial score (nSPS) is 16.2. The van der Waals surface area contributed by atoms with E-state index in [2.05, 4.69) is 24.8 Å². The van der Waals surface area contributed by atoms with Crippen molar-refractivity contribution in [2.45, 2.75) is 51.7 Å². The number of rotatable bonds is 6. The SMILES string of the molecule is CC(C)OC(=O)c1ccc(NC(=O)C(C)N2CCC(c3nnc4ccccn34)CC2)cc1. The molecule has 0 saturated carbocycles. The maximum atomic E-state index is 12.8. The molecule has 1 aliphatic heterocycles. The lowest BCUT2D eigenvalue weighted by molar-refractivity contribution is -0.121. The fourth-order valence-electron chi connectivity index (χ4n) is 4.07. The summed E-state index contributed by atoms with van der Waals surface area (Å²) in [7, 11) is 0. The van der Waals surface area contributed by atoms with Crippen molar-refractivity contribution in [2.75, 3.05) is 18.4 Å². The molecule has 3 aromatic rings. The first-order valence-electron chi connectivity index (χ1n) is 11.1. The number of nitrogens with one attached hydrogen (secondary N) is 1. The Morgan fingerprint density at radius 2 is 1.75 bits per heavy atom. The van der Waals surface area contributed by atoms with E-state index < -0.39 is 0 Å². The standard InChI is InChI=1S/C24H29N5O3/c1-16(2)32-24(31)19-7-9-20(10-8-19)25-23(30)17(3)28-14-11-18(12-15-28)22-27-26-21-6-4-5-13-29(21)22/h4-10,13,16-18H,11-12,14-15H2,1-3H3,(H,25,30). The largest absolute Gasteiger partial charge is 0.459 e. The van der Waals surface area contributed by atoms with E-state index >= 15 is 0 Å². The minimum Gasteiger partial charge on any atom is -0.459 e. The average molecular weight is 436 g/mol. The molecule has 32 heavy (non-hydrogen) atoms. The number of pyridine rings is 1. The number of ether oxygens (including phenoxy) is 1. The first-order valence-corrected chi connectivity index (χ1v) is 11.1. The van der Waals surface area contributed by atoms with Crippen LogP contribution < -0.4 is 5.32 Å². The van der Waals surface area contributed by atoms with Crippen LogP contribution in [0.1, 0.15) is 55.7 Å². The predicted molar refractivity (Wildman–Crippen MR) is 122 cm³/mol. The van der Waals surface area contributed by atoms with Gasteiger partial charge < -0.3 is 10.1 Å². The zero-order chi connectivity index (χ0) is 22.7. The first-order chi connectivity index (χ1) is 15.4. The van der Waals surface area contributed by atoms with Gasteiger partial charge in [0.05, 0.1) is 17.7 Å². The van der Waals surface area contributed by atoms with E-state index in [9.17, 15) is 9.59 Å². The van der Waals surface area contributed by atoms with Gasteiger partial charge in [0.15, 0.2) is 5.65 Å². The quantitative estimate of drug-likeness (QED) is 0.596. The lowest BCUT2D eigenvalue weighted by Gasteiger charge is -2.34. The summed E-state index contributed by atoms with van der Waals surface area (Å²) in [6, 6.07) is 12.4. The Morgan fingerprint density at radius 1 is 1.03 bits per heavy atom. The average Bonchev–Trinajstić information content (AvgIpc) is 3.23. The maximum Gasteiger partial charge on any atom is 0.338 e. The monoisotopic (exact) mass is 435 g/mol. The van der Waals surface area contributed by atoms with Gasteiger partial charge >= 0.3 is 5.97 Å². The first kappa shape index (κ1) is 22.0. The molecule has 1 unspecified atom stereocenters. The van der Waals surface area contributed by atoms with Crippen LogP contribution in [0, 0.1) is 0 Å². The van der Waals surface area contributed by atoms with E-state index in [-0.39, 0.29) is 24.0 Å². The highest BCUT2D eigenvalue weighted by molar-refractivity contribution is 5.95. The molecule has 3 heterocycles. The second kappa shape index (κ2) is 9.48. The topological polar surface area (TPSA) is 88.8 Å². The molecule has 0 bridgehead atoms. The second-order valence-electron chi connectivity index (χ2n) is 8.49. The lowest BCUT2D eigenvalue weighted by Crippen LogP contribution is -2.45. The molecule has 1 aromatic carbocycles. The highest BCUT2D eigenvalue weighted by atomic mass is 16.5. The van der Waals surface area contributed by atoms with Crippen LogP contribution >= 0.6 is 0 Å². The van der Waals surface area contributed by atoms with Crippen LogP contribution in [0.5, 0.6) is 0 Å². The fourth-order valence-corrected chi connectivity index (χ4v) is 4.07. The fraction of sp³-hybridized carbons (Fsp3) is 0.417. The molecule has 8 heteroatoms. The molecular weight excluding hydrogens is 406 g/mol. The van der Waals surface area contributed by atoms with Crippen molar-refractivity contribution in [3.8, 4) is 0 Å². The summed E-state index contributed by atoms with van der Waals surface area (Å²) in [4.78, 5) is 26.9. The summed E-state index contributed by atoms with van der Waals surface area (Å²) < 4.78 is 7.24. The summed E-state index contributed by atoms with van der Waals surface area (Å²) in [6.45, 7) is 7.19. The van der Waals surface area contributed by atoms with Crippen LogP contribution in [0.15, 0.2) is 48.7 Å². The number of fused-ring (bicyclic) bond motifs is 1. The van der Waals surface area contributed by atoms with Crippen LogP contribution in [0.3, 0.4) is 0 Å². The van der Waals surface area contributed by atoms with Crippen molar-refractivity contribution in [3.05, 3.63) is 60.0 Å². The highest BCUT2D eigenvalue weighted by Gasteiger charge is 2.29. The van der Waals surface area contributed by atoms with E-state index in [4.69, 9.17) is 4.74 Å². The molecule has 1 atom stereocenters. The third-order valence-corrected chi connectivity index (χ3v) is 5.89. The molecule has 1 N–H and O–H groups in total. The van der Waals surface area contributed by atoms with E-state index in [0.29, 0.717) is 17.2 Å². The zero-order valence-corrected chi connectivity index (χ0v) is 18.7. The number of piperidine rings is 1. The third-order valence-electron chi connectivity index (χ3n) is 5.89. The predicted octanol–water partition coefficient (Wildman–Crippen LogP) is 3.50. The molecule has 0 spiro atoms. The van der Waals surface area contributed by atoms with Gasteiger partial charge in [-0.2, -0.15) is 0 Å². The lowest BCUT2D eigenvalue weighted by atomic mass is 9.95. The van der Waals surface area contributed by atoms with Crippen molar-refractivity contribution >= 4 is 23.2 Å². The van der Waals surface area contributed by atoms with Crippen molar-refractivity contribution in [3.63, 3.8) is 0 Å². The summed E-state index contributed by atoms with van der Waals surface area (Å²) in [5, 5.41) is 11.6. The molecule has 168 valence electrons. The molecule has 8 nitrogen and oxygen atoms in total. The minimum absolute atomic E-state index is 0.0612. The summed E-state index contributed by atoms with van der Waals surface area (Å²) in [6.07, 6.45) is 3.69. The van der Waals surface area contributed by atoms with Gasteiger partial charge in [-0.05, 0) is 83.1 Å². The number of anilines is 1. The van der Waals surface area contributed by atoms with Gasteiger partial charge in [0.2, 0.25) is 5.91 Å². The van der Waals surface area contributed by atoms with Crippen LogP contribution in [0.2, 0.25) is 0 Å².